The van der Waals surface area contributed by atoms with E-state index in [9.17, 15) is 4.79 Å². The molecule has 0 saturated carbocycles. The molecule has 0 unspecified atom stereocenters. The highest BCUT2D eigenvalue weighted by atomic mass is 16.7. The standard InChI is InChI=1S/C15H20N2O3/c18-15(4-1-11-5-7-16-8-6-11)17-12-2-3-13-14(9-12)20-10-19-13/h2-3,9,11,16H,1,4-8,10H2,(H,17,18). The SMILES string of the molecule is O=C(CCC1CCNCC1)Nc1ccc2c(c1)OCO2. The van der Waals surface area contributed by atoms with Crippen molar-refractivity contribution < 1.29 is 14.3 Å². The van der Waals surface area contributed by atoms with E-state index in [0.29, 0.717) is 18.1 Å². The minimum atomic E-state index is 0.0717. The van der Waals surface area contributed by atoms with E-state index >= 15 is 0 Å². The lowest BCUT2D eigenvalue weighted by molar-refractivity contribution is -0.116. The zero-order valence-electron chi connectivity index (χ0n) is 11.5. The van der Waals surface area contributed by atoms with Gasteiger partial charge in [0.15, 0.2) is 11.5 Å². The van der Waals surface area contributed by atoms with Gasteiger partial charge in [0, 0.05) is 18.2 Å². The Labute approximate surface area is 118 Å². The molecule has 0 aliphatic carbocycles. The number of anilines is 1. The number of amides is 1. The molecule has 5 heteroatoms. The largest absolute Gasteiger partial charge is 0.454 e. The number of rotatable bonds is 4. The molecule has 5 nitrogen and oxygen atoms in total. The number of fused-ring (bicyclic) bond motifs is 1. The van der Waals surface area contributed by atoms with Crippen LogP contribution >= 0.6 is 0 Å². The van der Waals surface area contributed by atoms with Crippen LogP contribution in [0.15, 0.2) is 18.2 Å². The molecule has 0 spiro atoms. The summed E-state index contributed by atoms with van der Waals surface area (Å²) in [5.41, 5.74) is 0.768. The van der Waals surface area contributed by atoms with Gasteiger partial charge in [-0.2, -0.15) is 0 Å². The summed E-state index contributed by atoms with van der Waals surface area (Å²) >= 11 is 0. The van der Waals surface area contributed by atoms with E-state index in [1.165, 1.54) is 12.8 Å². The predicted octanol–water partition coefficient (Wildman–Crippen LogP) is 2.13. The Morgan fingerprint density at radius 3 is 2.90 bits per heavy atom. The first-order valence-electron chi connectivity index (χ1n) is 7.21. The molecule has 1 amide bonds. The molecule has 0 aromatic heterocycles. The van der Waals surface area contributed by atoms with Crippen LogP contribution in [0.2, 0.25) is 0 Å². The number of hydrogen-bond donors (Lipinski definition) is 2. The number of carbonyl (C=O) groups is 1. The van der Waals surface area contributed by atoms with E-state index < -0.39 is 0 Å². The van der Waals surface area contributed by atoms with Crippen LogP contribution in [-0.4, -0.2) is 25.8 Å². The summed E-state index contributed by atoms with van der Waals surface area (Å²) in [5, 5.41) is 6.26. The first kappa shape index (κ1) is 13.2. The van der Waals surface area contributed by atoms with Gasteiger partial charge in [0.25, 0.3) is 0 Å². The molecule has 2 aliphatic heterocycles. The number of benzene rings is 1. The van der Waals surface area contributed by atoms with E-state index in [-0.39, 0.29) is 12.7 Å². The number of hydrogen-bond acceptors (Lipinski definition) is 4. The van der Waals surface area contributed by atoms with Gasteiger partial charge >= 0.3 is 0 Å². The summed E-state index contributed by atoms with van der Waals surface area (Å²) in [6.45, 7) is 2.41. The van der Waals surface area contributed by atoms with Crippen molar-refractivity contribution in [2.24, 2.45) is 5.92 Å². The summed E-state index contributed by atoms with van der Waals surface area (Å²) in [6.07, 6.45) is 3.91. The fraction of sp³-hybridized carbons (Fsp3) is 0.533. The second-order valence-electron chi connectivity index (χ2n) is 5.35. The molecule has 1 aromatic carbocycles. The van der Waals surface area contributed by atoms with Crippen molar-refractivity contribution in [3.05, 3.63) is 18.2 Å². The maximum absolute atomic E-state index is 12.0. The monoisotopic (exact) mass is 276 g/mol. The van der Waals surface area contributed by atoms with Gasteiger partial charge < -0.3 is 20.1 Å². The summed E-state index contributed by atoms with van der Waals surface area (Å²) in [4.78, 5) is 12.0. The Bertz CT molecular complexity index is 484. The second-order valence-corrected chi connectivity index (χ2v) is 5.35. The number of ether oxygens (including phenoxy) is 2. The molecule has 1 aromatic rings. The maximum atomic E-state index is 12.0. The van der Waals surface area contributed by atoms with Crippen molar-refractivity contribution in [3.63, 3.8) is 0 Å². The highest BCUT2D eigenvalue weighted by molar-refractivity contribution is 5.91. The Morgan fingerprint density at radius 1 is 1.25 bits per heavy atom. The third-order valence-electron chi connectivity index (χ3n) is 3.89. The fourth-order valence-electron chi connectivity index (χ4n) is 2.70. The van der Waals surface area contributed by atoms with Crippen LogP contribution in [-0.2, 0) is 4.79 Å². The lowest BCUT2D eigenvalue weighted by Gasteiger charge is -2.22. The van der Waals surface area contributed by atoms with Crippen LogP contribution in [0.5, 0.6) is 11.5 Å². The molecule has 1 fully saturated rings. The molecular formula is C15H20N2O3. The number of piperidine rings is 1. The Balaban J connectivity index is 1.48. The summed E-state index contributed by atoms with van der Waals surface area (Å²) in [7, 11) is 0. The molecule has 108 valence electrons. The van der Waals surface area contributed by atoms with Crippen LogP contribution < -0.4 is 20.1 Å². The van der Waals surface area contributed by atoms with Crippen LogP contribution in [0.1, 0.15) is 25.7 Å². The van der Waals surface area contributed by atoms with Gasteiger partial charge in [-0.1, -0.05) is 0 Å². The van der Waals surface area contributed by atoms with E-state index in [1.807, 2.05) is 18.2 Å². The third-order valence-corrected chi connectivity index (χ3v) is 3.89. The van der Waals surface area contributed by atoms with Crippen LogP contribution in [0.4, 0.5) is 5.69 Å². The van der Waals surface area contributed by atoms with Crippen molar-refractivity contribution in [1.82, 2.24) is 5.32 Å². The average Bonchev–Trinajstić information content (AvgIpc) is 2.94. The van der Waals surface area contributed by atoms with Crippen molar-refractivity contribution >= 4 is 11.6 Å². The lowest BCUT2D eigenvalue weighted by atomic mass is 9.93. The van der Waals surface area contributed by atoms with Gasteiger partial charge in [-0.3, -0.25) is 4.79 Å². The third kappa shape index (κ3) is 3.22. The molecular weight excluding hydrogens is 256 g/mol. The van der Waals surface area contributed by atoms with Crippen molar-refractivity contribution in [3.8, 4) is 11.5 Å². The van der Waals surface area contributed by atoms with Crippen LogP contribution in [0, 0.1) is 5.92 Å². The zero-order chi connectivity index (χ0) is 13.8. The van der Waals surface area contributed by atoms with Gasteiger partial charge in [0.1, 0.15) is 0 Å². The number of nitrogens with one attached hydrogen (secondary N) is 2. The van der Waals surface area contributed by atoms with Crippen molar-refractivity contribution in [2.75, 3.05) is 25.2 Å². The Hall–Kier alpha value is -1.75. The van der Waals surface area contributed by atoms with Crippen molar-refractivity contribution in [2.45, 2.75) is 25.7 Å². The first-order valence-corrected chi connectivity index (χ1v) is 7.21. The molecule has 0 radical (unpaired) electrons. The number of carbonyl (C=O) groups excluding carboxylic acids is 1. The highest BCUT2D eigenvalue weighted by Crippen LogP contribution is 2.34. The zero-order valence-corrected chi connectivity index (χ0v) is 11.5. The average molecular weight is 276 g/mol. The van der Waals surface area contributed by atoms with Gasteiger partial charge in [0.2, 0.25) is 12.7 Å². The quantitative estimate of drug-likeness (QED) is 0.884. The summed E-state index contributed by atoms with van der Waals surface area (Å²) in [6, 6.07) is 5.48. The highest BCUT2D eigenvalue weighted by Gasteiger charge is 2.16. The molecule has 0 bridgehead atoms. The molecule has 2 aliphatic rings. The van der Waals surface area contributed by atoms with E-state index in [0.717, 1.165) is 30.9 Å². The second kappa shape index (κ2) is 6.13. The molecule has 20 heavy (non-hydrogen) atoms. The summed E-state index contributed by atoms with van der Waals surface area (Å²) < 4.78 is 10.5. The molecule has 1 saturated heterocycles. The fourth-order valence-corrected chi connectivity index (χ4v) is 2.70. The Morgan fingerprint density at radius 2 is 2.05 bits per heavy atom. The van der Waals surface area contributed by atoms with E-state index in [2.05, 4.69) is 10.6 Å². The molecule has 2 heterocycles. The minimum Gasteiger partial charge on any atom is -0.454 e. The lowest BCUT2D eigenvalue weighted by Crippen LogP contribution is -2.28. The first-order chi connectivity index (χ1) is 9.81. The van der Waals surface area contributed by atoms with Crippen LogP contribution in [0.3, 0.4) is 0 Å². The van der Waals surface area contributed by atoms with Gasteiger partial charge in [-0.05, 0) is 50.4 Å². The predicted molar refractivity (Wildman–Crippen MR) is 76.0 cm³/mol. The molecule has 2 N–H and O–H groups in total. The normalized spacial score (nSPS) is 18.0. The van der Waals surface area contributed by atoms with Gasteiger partial charge in [-0.15, -0.1) is 0 Å². The van der Waals surface area contributed by atoms with Gasteiger partial charge in [-0.25, -0.2) is 0 Å². The maximum Gasteiger partial charge on any atom is 0.231 e. The van der Waals surface area contributed by atoms with Crippen LogP contribution in [0.25, 0.3) is 0 Å². The van der Waals surface area contributed by atoms with E-state index in [4.69, 9.17) is 9.47 Å². The smallest absolute Gasteiger partial charge is 0.231 e. The van der Waals surface area contributed by atoms with Crippen molar-refractivity contribution in [1.29, 1.82) is 0 Å². The topological polar surface area (TPSA) is 59.6 Å². The molecule has 3 rings (SSSR count). The van der Waals surface area contributed by atoms with E-state index in [1.54, 1.807) is 0 Å². The summed E-state index contributed by atoms with van der Waals surface area (Å²) in [5.74, 6) is 2.18. The Kier molecular flexibility index (Phi) is 4.06. The minimum absolute atomic E-state index is 0.0717. The molecule has 0 atom stereocenters. The van der Waals surface area contributed by atoms with Gasteiger partial charge in [0.05, 0.1) is 0 Å².